The summed E-state index contributed by atoms with van der Waals surface area (Å²) in [6.07, 6.45) is 1.05. The smallest absolute Gasteiger partial charge is 0.191 e. The van der Waals surface area contributed by atoms with Crippen molar-refractivity contribution >= 4 is 23.2 Å². The average molecular weight is 423 g/mol. The van der Waals surface area contributed by atoms with Gasteiger partial charge in [-0.3, -0.25) is 9.89 Å². The minimum absolute atomic E-state index is 0.345. The molecule has 2 N–H and O–H groups in total. The molecule has 0 spiro atoms. The van der Waals surface area contributed by atoms with E-state index in [2.05, 4.69) is 37.2 Å². The molecule has 8 heteroatoms. The van der Waals surface area contributed by atoms with Crippen LogP contribution in [0.3, 0.4) is 0 Å². The summed E-state index contributed by atoms with van der Waals surface area (Å²) in [6, 6.07) is 6.12. The second-order valence-electron chi connectivity index (χ2n) is 7.67. The molecule has 0 aliphatic carbocycles. The average Bonchev–Trinajstić information content (AvgIpc) is 3.22. The van der Waals surface area contributed by atoms with Crippen LogP contribution in [0.1, 0.15) is 13.3 Å². The molecule has 162 valence electrons. The predicted molar refractivity (Wildman–Crippen MR) is 122 cm³/mol. The fourth-order valence-electron chi connectivity index (χ4n) is 4.06. The van der Waals surface area contributed by atoms with Gasteiger partial charge in [-0.2, -0.15) is 0 Å². The monoisotopic (exact) mass is 422 g/mol. The molecule has 0 bridgehead atoms. The Balaban J connectivity index is 1.43. The number of halogens is 1. The summed E-state index contributed by atoms with van der Waals surface area (Å²) in [7, 11) is 3.54. The molecular formula is C21H35ClN6O. The fourth-order valence-corrected chi connectivity index (χ4v) is 4.22. The first-order valence-corrected chi connectivity index (χ1v) is 11.0. The van der Waals surface area contributed by atoms with Crippen molar-refractivity contribution in [1.82, 2.24) is 20.4 Å². The Hall–Kier alpha value is -1.70. The Kier molecular flexibility index (Phi) is 8.27. The number of benzene rings is 1. The number of likely N-dealkylation sites (N-methyl/N-ethyl adjacent to an activating group) is 1. The Morgan fingerprint density at radius 1 is 1.21 bits per heavy atom. The lowest BCUT2D eigenvalue weighted by molar-refractivity contribution is 0.139. The predicted octanol–water partition coefficient (Wildman–Crippen LogP) is 1.73. The third kappa shape index (κ3) is 6.14. The van der Waals surface area contributed by atoms with E-state index in [-0.39, 0.29) is 0 Å². The van der Waals surface area contributed by atoms with Crippen LogP contribution in [0.2, 0.25) is 5.02 Å². The molecule has 2 fully saturated rings. The van der Waals surface area contributed by atoms with Gasteiger partial charge in [-0.1, -0.05) is 18.5 Å². The van der Waals surface area contributed by atoms with Gasteiger partial charge in [0, 0.05) is 70.5 Å². The molecule has 2 heterocycles. The molecule has 2 saturated heterocycles. The van der Waals surface area contributed by atoms with Crippen molar-refractivity contribution in [2.45, 2.75) is 19.4 Å². The van der Waals surface area contributed by atoms with Crippen LogP contribution in [-0.4, -0.2) is 94.9 Å². The number of nitrogens with zero attached hydrogens (tertiary/aromatic N) is 4. The Morgan fingerprint density at radius 2 is 1.97 bits per heavy atom. The number of anilines is 1. The molecule has 1 aromatic carbocycles. The summed E-state index contributed by atoms with van der Waals surface area (Å²) in [6.45, 7) is 11.9. The van der Waals surface area contributed by atoms with E-state index in [1.807, 2.05) is 25.2 Å². The summed E-state index contributed by atoms with van der Waals surface area (Å²) in [4.78, 5) is 11.8. The summed E-state index contributed by atoms with van der Waals surface area (Å²) < 4.78 is 5.51. The van der Waals surface area contributed by atoms with Gasteiger partial charge < -0.3 is 25.2 Å². The Bertz CT molecular complexity index is 677. The molecule has 1 aromatic rings. The number of nitrogens with one attached hydrogen (secondary N) is 2. The van der Waals surface area contributed by atoms with Crippen LogP contribution >= 0.6 is 11.6 Å². The topological polar surface area (TPSA) is 55.4 Å². The number of hydrogen-bond acceptors (Lipinski definition) is 5. The highest BCUT2D eigenvalue weighted by Crippen LogP contribution is 2.33. The van der Waals surface area contributed by atoms with E-state index in [4.69, 9.17) is 16.3 Å². The van der Waals surface area contributed by atoms with E-state index in [1.54, 1.807) is 7.11 Å². The maximum Gasteiger partial charge on any atom is 0.191 e. The SMILES string of the molecule is CCN1CCN(CCNC(=NC)NC2CCN(c3cc(Cl)ccc3OC)C2)CC1. The Morgan fingerprint density at radius 3 is 2.66 bits per heavy atom. The van der Waals surface area contributed by atoms with Gasteiger partial charge in [0.25, 0.3) is 0 Å². The van der Waals surface area contributed by atoms with Crippen molar-refractivity contribution in [2.24, 2.45) is 4.99 Å². The minimum Gasteiger partial charge on any atom is -0.495 e. The van der Waals surface area contributed by atoms with Crippen molar-refractivity contribution in [3.63, 3.8) is 0 Å². The van der Waals surface area contributed by atoms with E-state index in [1.165, 1.54) is 13.1 Å². The molecule has 3 rings (SSSR count). The fraction of sp³-hybridized carbons (Fsp3) is 0.667. The lowest BCUT2D eigenvalue weighted by Crippen LogP contribution is -2.50. The van der Waals surface area contributed by atoms with Crippen LogP contribution in [0.4, 0.5) is 5.69 Å². The van der Waals surface area contributed by atoms with Crippen LogP contribution in [0.5, 0.6) is 5.75 Å². The quantitative estimate of drug-likeness (QED) is 0.515. The molecular weight excluding hydrogens is 388 g/mol. The third-order valence-corrected chi connectivity index (χ3v) is 6.10. The zero-order valence-electron chi connectivity index (χ0n) is 18.0. The molecule has 2 aliphatic rings. The van der Waals surface area contributed by atoms with Crippen molar-refractivity contribution in [1.29, 1.82) is 0 Å². The first-order chi connectivity index (χ1) is 14.1. The van der Waals surface area contributed by atoms with Crippen LogP contribution < -0.4 is 20.3 Å². The molecule has 2 aliphatic heterocycles. The van der Waals surface area contributed by atoms with Crippen molar-refractivity contribution in [3.05, 3.63) is 23.2 Å². The number of ether oxygens (including phenoxy) is 1. The highest BCUT2D eigenvalue weighted by Gasteiger charge is 2.25. The normalized spacial score (nSPS) is 21.4. The maximum atomic E-state index is 6.20. The highest BCUT2D eigenvalue weighted by atomic mass is 35.5. The number of aliphatic imine (C=N–C) groups is 1. The van der Waals surface area contributed by atoms with E-state index < -0.39 is 0 Å². The van der Waals surface area contributed by atoms with E-state index in [0.29, 0.717) is 6.04 Å². The molecule has 0 aromatic heterocycles. The lowest BCUT2D eigenvalue weighted by Gasteiger charge is -2.34. The second-order valence-corrected chi connectivity index (χ2v) is 8.10. The van der Waals surface area contributed by atoms with Gasteiger partial charge in [-0.05, 0) is 31.2 Å². The molecule has 1 unspecified atom stereocenters. The van der Waals surface area contributed by atoms with E-state index >= 15 is 0 Å². The first-order valence-electron chi connectivity index (χ1n) is 10.6. The molecule has 0 amide bonds. The second kappa shape index (κ2) is 10.9. The van der Waals surface area contributed by atoms with Gasteiger partial charge in [0.05, 0.1) is 12.8 Å². The highest BCUT2D eigenvalue weighted by molar-refractivity contribution is 6.30. The minimum atomic E-state index is 0.345. The zero-order chi connectivity index (χ0) is 20.6. The molecule has 0 saturated carbocycles. The molecule has 0 radical (unpaired) electrons. The summed E-state index contributed by atoms with van der Waals surface area (Å²) in [5.41, 5.74) is 1.05. The molecule has 29 heavy (non-hydrogen) atoms. The van der Waals surface area contributed by atoms with Gasteiger partial charge in [0.2, 0.25) is 0 Å². The number of guanidine groups is 1. The number of methoxy groups -OCH3 is 1. The number of hydrogen-bond donors (Lipinski definition) is 2. The van der Waals surface area contributed by atoms with E-state index in [0.717, 1.165) is 74.7 Å². The largest absolute Gasteiger partial charge is 0.495 e. The first kappa shape index (κ1) is 22.0. The summed E-state index contributed by atoms with van der Waals surface area (Å²) in [5, 5.41) is 7.77. The number of piperazine rings is 1. The van der Waals surface area contributed by atoms with Crippen LogP contribution in [0.25, 0.3) is 0 Å². The van der Waals surface area contributed by atoms with Crippen LogP contribution in [0, 0.1) is 0 Å². The summed E-state index contributed by atoms with van der Waals surface area (Å²) in [5.74, 6) is 1.74. The zero-order valence-corrected chi connectivity index (χ0v) is 18.7. The van der Waals surface area contributed by atoms with Crippen LogP contribution in [-0.2, 0) is 0 Å². The number of rotatable bonds is 7. The van der Waals surface area contributed by atoms with Gasteiger partial charge in [-0.15, -0.1) is 0 Å². The van der Waals surface area contributed by atoms with Gasteiger partial charge in [-0.25, -0.2) is 0 Å². The molecule has 1 atom stereocenters. The van der Waals surface area contributed by atoms with Crippen molar-refractivity contribution in [2.75, 3.05) is 78.0 Å². The van der Waals surface area contributed by atoms with Gasteiger partial charge in [0.1, 0.15) is 5.75 Å². The Labute approximate surface area is 180 Å². The molecule has 7 nitrogen and oxygen atoms in total. The standard InChI is InChI=1S/C21H35ClN6O/c1-4-26-11-13-27(14-12-26)10-8-24-21(23-2)25-18-7-9-28(16-18)19-15-17(22)5-6-20(19)29-3/h5-6,15,18H,4,7-14,16H2,1-3H3,(H2,23,24,25). The van der Waals surface area contributed by atoms with Gasteiger partial charge >= 0.3 is 0 Å². The lowest BCUT2D eigenvalue weighted by atomic mass is 10.2. The summed E-state index contributed by atoms with van der Waals surface area (Å²) >= 11 is 6.20. The van der Waals surface area contributed by atoms with E-state index in [9.17, 15) is 0 Å². The maximum absolute atomic E-state index is 6.20. The van der Waals surface area contributed by atoms with Crippen LogP contribution in [0.15, 0.2) is 23.2 Å². The third-order valence-electron chi connectivity index (χ3n) is 5.87. The van der Waals surface area contributed by atoms with Crippen molar-refractivity contribution in [3.8, 4) is 5.75 Å². The van der Waals surface area contributed by atoms with Crippen molar-refractivity contribution < 1.29 is 4.74 Å². The van der Waals surface area contributed by atoms with Gasteiger partial charge in [0.15, 0.2) is 5.96 Å².